The molecule has 0 amide bonds. The number of allylic oxidation sites excluding steroid dienone is 1. The van der Waals surface area contributed by atoms with Gasteiger partial charge in [-0.25, -0.2) is 4.79 Å². The van der Waals surface area contributed by atoms with Crippen molar-refractivity contribution in [2.45, 2.75) is 0 Å². The zero-order valence-corrected chi connectivity index (χ0v) is 3.30. The first kappa shape index (κ1) is 5.43. The Morgan fingerprint density at radius 2 is 1.71 bits per heavy atom. The number of carbonyl (C=O) groups excluding carboxylic acids is 1. The molecule has 0 fully saturated rings. The average Bonchev–Trinajstić information content (AvgIpc) is 1.72. The molecule has 0 unspecified atom stereocenters. The van der Waals surface area contributed by atoms with E-state index in [0.717, 1.165) is 5.94 Å². The zero-order valence-electron chi connectivity index (χ0n) is 3.30. The van der Waals surface area contributed by atoms with E-state index in [1.165, 1.54) is 12.1 Å². The second-order valence-electron chi connectivity index (χ2n) is 0.701. The lowest BCUT2D eigenvalue weighted by molar-refractivity contribution is 0.568. The van der Waals surface area contributed by atoms with E-state index in [1.54, 1.807) is 0 Å². The molecule has 0 aliphatic rings. The molecular formula is C4N2O. The molecule has 0 rings (SSSR count). The van der Waals surface area contributed by atoms with Gasteiger partial charge in [0.2, 0.25) is 5.57 Å². The van der Waals surface area contributed by atoms with Gasteiger partial charge in [-0.15, -0.1) is 0 Å². The SMILES string of the molecule is N#CC(=C=O)C#N. The highest BCUT2D eigenvalue weighted by Crippen LogP contribution is 1.74. The lowest BCUT2D eigenvalue weighted by Crippen LogP contribution is -1.67. The lowest BCUT2D eigenvalue weighted by Gasteiger charge is -1.56. The molecule has 0 spiro atoms. The Balaban J connectivity index is 4.35. The Labute approximate surface area is 40.1 Å². The van der Waals surface area contributed by atoms with Crippen LogP contribution in [-0.2, 0) is 4.79 Å². The van der Waals surface area contributed by atoms with E-state index >= 15 is 0 Å². The second kappa shape index (κ2) is 2.66. The third-order valence-electron chi connectivity index (χ3n) is 0.326. The van der Waals surface area contributed by atoms with Gasteiger partial charge in [0, 0.05) is 0 Å². The largest absolute Gasteiger partial charge is 0.231 e. The lowest BCUT2D eigenvalue weighted by atomic mass is 10.4. The molecule has 0 aliphatic carbocycles. The van der Waals surface area contributed by atoms with Crippen molar-refractivity contribution in [3.8, 4) is 12.1 Å². The Kier molecular flexibility index (Phi) is 2.06. The molecule has 3 nitrogen and oxygen atoms in total. The van der Waals surface area contributed by atoms with Crippen LogP contribution in [0.3, 0.4) is 0 Å². The number of hydrogen-bond acceptors (Lipinski definition) is 3. The van der Waals surface area contributed by atoms with Gasteiger partial charge in [-0.1, -0.05) is 0 Å². The van der Waals surface area contributed by atoms with Crippen LogP contribution in [0.1, 0.15) is 0 Å². The second-order valence-corrected chi connectivity index (χ2v) is 0.701. The highest BCUT2D eigenvalue weighted by Gasteiger charge is 1.85. The number of nitrogens with zero attached hydrogens (tertiary/aromatic N) is 2. The molecule has 0 saturated carbocycles. The first-order chi connectivity index (χ1) is 3.35. The molecule has 0 bridgehead atoms. The van der Waals surface area contributed by atoms with Crippen LogP contribution in [0, 0.1) is 22.7 Å². The van der Waals surface area contributed by atoms with E-state index in [4.69, 9.17) is 10.5 Å². The molecule has 0 aromatic heterocycles. The van der Waals surface area contributed by atoms with Crippen LogP contribution >= 0.6 is 0 Å². The summed E-state index contributed by atoms with van der Waals surface area (Å²) in [5.41, 5.74) is -0.514. The van der Waals surface area contributed by atoms with Crippen LogP contribution in [0.5, 0.6) is 0 Å². The first-order valence-corrected chi connectivity index (χ1v) is 1.40. The molecule has 0 saturated heterocycles. The number of rotatable bonds is 0. The van der Waals surface area contributed by atoms with E-state index in [9.17, 15) is 4.79 Å². The summed E-state index contributed by atoms with van der Waals surface area (Å²) in [6.07, 6.45) is 0. The minimum absolute atomic E-state index is 0.514. The normalized spacial score (nSPS) is 4.86. The van der Waals surface area contributed by atoms with Gasteiger partial charge >= 0.3 is 0 Å². The fourth-order valence-corrected chi connectivity index (χ4v) is 0.0706. The van der Waals surface area contributed by atoms with Crippen LogP contribution in [0.15, 0.2) is 5.57 Å². The third kappa shape index (κ3) is 1.33. The van der Waals surface area contributed by atoms with Crippen LogP contribution in [-0.4, -0.2) is 5.94 Å². The van der Waals surface area contributed by atoms with Crippen molar-refractivity contribution >= 4 is 5.94 Å². The molecule has 7 heavy (non-hydrogen) atoms. The molecule has 0 aromatic carbocycles. The minimum atomic E-state index is -0.514. The van der Waals surface area contributed by atoms with Gasteiger partial charge < -0.3 is 0 Å². The Bertz CT molecular complexity index is 171. The fraction of sp³-hybridized carbons (Fsp3) is 0. The summed E-state index contributed by atoms with van der Waals surface area (Å²) in [7, 11) is 0. The van der Waals surface area contributed by atoms with Gasteiger partial charge in [-0.3, -0.25) is 0 Å². The maximum Gasteiger partial charge on any atom is 0.212 e. The predicted molar refractivity (Wildman–Crippen MR) is 20.4 cm³/mol. The standard InChI is InChI=1S/C4N2O/c5-1-4(2-6)3-7. The predicted octanol–water partition coefficient (Wildman–Crippen LogP) is -0.208. The molecule has 0 aliphatic heterocycles. The van der Waals surface area contributed by atoms with E-state index in [0.29, 0.717) is 0 Å². The van der Waals surface area contributed by atoms with Crippen molar-refractivity contribution in [2.24, 2.45) is 0 Å². The molecule has 0 N–H and O–H groups in total. The Morgan fingerprint density at radius 3 is 1.71 bits per heavy atom. The summed E-state index contributed by atoms with van der Waals surface area (Å²) in [4.78, 5) is 9.36. The Hall–Kier alpha value is -1.57. The summed E-state index contributed by atoms with van der Waals surface area (Å²) >= 11 is 0. The van der Waals surface area contributed by atoms with Crippen molar-refractivity contribution < 1.29 is 4.79 Å². The quantitative estimate of drug-likeness (QED) is 0.307. The molecule has 0 aromatic rings. The summed E-state index contributed by atoms with van der Waals surface area (Å²) in [6, 6.07) is 2.67. The monoisotopic (exact) mass is 92.0 g/mol. The molecule has 0 heterocycles. The highest BCUT2D eigenvalue weighted by atomic mass is 16.1. The van der Waals surface area contributed by atoms with Crippen molar-refractivity contribution in [3.63, 3.8) is 0 Å². The summed E-state index contributed by atoms with van der Waals surface area (Å²) < 4.78 is 0. The van der Waals surface area contributed by atoms with E-state index in [1.807, 2.05) is 0 Å². The van der Waals surface area contributed by atoms with Gasteiger partial charge in [-0.05, 0) is 0 Å². The van der Waals surface area contributed by atoms with Gasteiger partial charge in [0.15, 0.2) is 5.94 Å². The van der Waals surface area contributed by atoms with Crippen LogP contribution in [0.4, 0.5) is 0 Å². The van der Waals surface area contributed by atoms with Crippen LogP contribution in [0.2, 0.25) is 0 Å². The fourth-order valence-electron chi connectivity index (χ4n) is 0.0706. The molecule has 32 valence electrons. The topological polar surface area (TPSA) is 64.7 Å². The zero-order chi connectivity index (χ0) is 5.70. The molecule has 0 atom stereocenters. The molecule has 0 radical (unpaired) electrons. The smallest absolute Gasteiger partial charge is 0.212 e. The van der Waals surface area contributed by atoms with Crippen LogP contribution in [0.25, 0.3) is 0 Å². The van der Waals surface area contributed by atoms with Crippen LogP contribution < -0.4 is 0 Å². The van der Waals surface area contributed by atoms with Gasteiger partial charge in [0.25, 0.3) is 0 Å². The van der Waals surface area contributed by atoms with Gasteiger partial charge in [0.1, 0.15) is 12.1 Å². The van der Waals surface area contributed by atoms with E-state index in [-0.39, 0.29) is 0 Å². The first-order valence-electron chi connectivity index (χ1n) is 1.40. The number of nitriles is 2. The van der Waals surface area contributed by atoms with Gasteiger partial charge in [-0.2, -0.15) is 10.5 Å². The van der Waals surface area contributed by atoms with Crippen molar-refractivity contribution in [2.75, 3.05) is 0 Å². The van der Waals surface area contributed by atoms with Gasteiger partial charge in [0.05, 0.1) is 0 Å². The summed E-state index contributed by atoms with van der Waals surface area (Å²) in [6.45, 7) is 0. The van der Waals surface area contributed by atoms with Crippen molar-refractivity contribution in [1.29, 1.82) is 10.5 Å². The summed E-state index contributed by atoms with van der Waals surface area (Å²) in [5, 5.41) is 15.5. The summed E-state index contributed by atoms with van der Waals surface area (Å²) in [5.74, 6) is 1.15. The van der Waals surface area contributed by atoms with E-state index in [2.05, 4.69) is 0 Å². The Morgan fingerprint density at radius 1 is 1.29 bits per heavy atom. The minimum Gasteiger partial charge on any atom is -0.231 e. The number of hydrogen-bond donors (Lipinski definition) is 0. The van der Waals surface area contributed by atoms with Crippen molar-refractivity contribution in [3.05, 3.63) is 5.57 Å². The average molecular weight is 92.1 g/mol. The highest BCUT2D eigenvalue weighted by molar-refractivity contribution is 5.65. The maximum absolute atomic E-state index is 9.36. The van der Waals surface area contributed by atoms with Crippen molar-refractivity contribution in [1.82, 2.24) is 0 Å². The third-order valence-corrected chi connectivity index (χ3v) is 0.326. The molecular weight excluding hydrogens is 92.1 g/mol. The van der Waals surface area contributed by atoms with E-state index < -0.39 is 5.57 Å². The molecule has 3 heteroatoms. The maximum atomic E-state index is 9.36.